The van der Waals surface area contributed by atoms with E-state index in [0.717, 1.165) is 43.3 Å². The number of nitrogens with one attached hydrogen (secondary N) is 1. The van der Waals surface area contributed by atoms with Crippen molar-refractivity contribution in [2.45, 2.75) is 51.4 Å². The van der Waals surface area contributed by atoms with Crippen LogP contribution in [-0.2, 0) is 17.9 Å². The Morgan fingerprint density at radius 3 is 2.79 bits per heavy atom. The summed E-state index contributed by atoms with van der Waals surface area (Å²) in [5, 5.41) is 11.8. The molecule has 0 aliphatic rings. The first-order valence-corrected chi connectivity index (χ1v) is 7.73. The van der Waals surface area contributed by atoms with Crippen molar-refractivity contribution in [2.24, 2.45) is 5.73 Å². The number of unbranched alkanes of at least 4 members (excludes halogenated alkanes) is 1. The van der Waals surface area contributed by atoms with E-state index in [2.05, 4.69) is 29.4 Å². The van der Waals surface area contributed by atoms with Gasteiger partial charge in [0.1, 0.15) is 5.82 Å². The second kappa shape index (κ2) is 8.92. The van der Waals surface area contributed by atoms with Gasteiger partial charge in [0.25, 0.3) is 0 Å². The molecule has 108 valence electrons. The summed E-state index contributed by atoms with van der Waals surface area (Å²) in [6.45, 7) is 6.13. The molecule has 3 N–H and O–H groups in total. The van der Waals surface area contributed by atoms with Crippen LogP contribution in [0.3, 0.4) is 0 Å². The molecule has 0 unspecified atom stereocenters. The van der Waals surface area contributed by atoms with E-state index in [0.29, 0.717) is 12.3 Å². The summed E-state index contributed by atoms with van der Waals surface area (Å²) in [5.41, 5.74) is 5.62. The highest BCUT2D eigenvalue weighted by molar-refractivity contribution is 7.99. The van der Waals surface area contributed by atoms with Crippen molar-refractivity contribution in [3.63, 3.8) is 0 Å². The lowest BCUT2D eigenvalue weighted by Crippen LogP contribution is -2.26. The number of aromatic nitrogens is 3. The van der Waals surface area contributed by atoms with Crippen molar-refractivity contribution >= 4 is 17.7 Å². The molecule has 0 bridgehead atoms. The fourth-order valence-electron chi connectivity index (χ4n) is 1.61. The zero-order valence-corrected chi connectivity index (χ0v) is 12.5. The number of amides is 1. The summed E-state index contributed by atoms with van der Waals surface area (Å²) >= 11 is 1.41. The van der Waals surface area contributed by atoms with Crippen molar-refractivity contribution in [1.29, 1.82) is 0 Å². The molecule has 0 saturated heterocycles. The van der Waals surface area contributed by atoms with Crippen LogP contribution >= 0.6 is 11.8 Å². The Morgan fingerprint density at radius 2 is 2.16 bits per heavy atom. The van der Waals surface area contributed by atoms with Gasteiger partial charge < -0.3 is 15.6 Å². The van der Waals surface area contributed by atoms with Crippen molar-refractivity contribution in [3.05, 3.63) is 5.82 Å². The molecule has 0 saturated carbocycles. The normalized spacial score (nSPS) is 10.7. The number of nitrogens with two attached hydrogens (primary N) is 1. The lowest BCUT2D eigenvalue weighted by Gasteiger charge is -2.07. The van der Waals surface area contributed by atoms with Crippen molar-refractivity contribution in [1.82, 2.24) is 20.1 Å². The third-order valence-electron chi connectivity index (χ3n) is 2.61. The second-order valence-corrected chi connectivity index (χ2v) is 5.19. The molecule has 0 fully saturated rings. The molecular weight excluding hydrogens is 262 g/mol. The Morgan fingerprint density at radius 1 is 1.37 bits per heavy atom. The predicted molar refractivity (Wildman–Crippen MR) is 76.8 cm³/mol. The highest BCUT2D eigenvalue weighted by Crippen LogP contribution is 2.17. The van der Waals surface area contributed by atoms with Gasteiger partial charge in [0.15, 0.2) is 5.16 Å². The largest absolute Gasteiger partial charge is 0.355 e. The van der Waals surface area contributed by atoms with Gasteiger partial charge >= 0.3 is 0 Å². The minimum Gasteiger partial charge on any atom is -0.355 e. The molecule has 19 heavy (non-hydrogen) atoms. The first-order valence-electron chi connectivity index (χ1n) is 6.74. The van der Waals surface area contributed by atoms with Crippen molar-refractivity contribution in [2.75, 3.05) is 12.3 Å². The number of hydrogen-bond donors (Lipinski definition) is 2. The van der Waals surface area contributed by atoms with Gasteiger partial charge in [0, 0.05) is 13.1 Å². The maximum atomic E-state index is 11.6. The van der Waals surface area contributed by atoms with Crippen LogP contribution in [0.1, 0.15) is 38.9 Å². The molecule has 0 aliphatic carbocycles. The first-order chi connectivity index (χ1) is 9.22. The molecule has 0 radical (unpaired) electrons. The average Bonchev–Trinajstić information content (AvgIpc) is 2.79. The third-order valence-corrected chi connectivity index (χ3v) is 3.57. The van der Waals surface area contributed by atoms with Crippen molar-refractivity contribution in [3.8, 4) is 0 Å². The highest BCUT2D eigenvalue weighted by atomic mass is 32.2. The summed E-state index contributed by atoms with van der Waals surface area (Å²) < 4.78 is 1.99. The maximum absolute atomic E-state index is 11.6. The van der Waals surface area contributed by atoms with Gasteiger partial charge in [-0.05, 0) is 12.8 Å². The zero-order valence-electron chi connectivity index (χ0n) is 11.7. The van der Waals surface area contributed by atoms with Crippen LogP contribution < -0.4 is 11.1 Å². The topological polar surface area (TPSA) is 85.8 Å². The Hall–Kier alpha value is -1.08. The van der Waals surface area contributed by atoms with Gasteiger partial charge in [-0.15, -0.1) is 10.2 Å². The Kier molecular flexibility index (Phi) is 7.50. The monoisotopic (exact) mass is 285 g/mol. The van der Waals surface area contributed by atoms with Crippen LogP contribution in [0.4, 0.5) is 0 Å². The number of rotatable bonds is 9. The predicted octanol–water partition coefficient (Wildman–Crippen LogP) is 1.16. The van der Waals surface area contributed by atoms with E-state index in [1.165, 1.54) is 11.8 Å². The van der Waals surface area contributed by atoms with Crippen LogP contribution in [0, 0.1) is 0 Å². The number of hydrogen-bond acceptors (Lipinski definition) is 5. The van der Waals surface area contributed by atoms with E-state index in [4.69, 9.17) is 5.73 Å². The zero-order chi connectivity index (χ0) is 14.1. The minimum atomic E-state index is 0.0406. The Labute approximate surface area is 118 Å². The molecule has 0 aliphatic heterocycles. The van der Waals surface area contributed by atoms with Gasteiger partial charge in [-0.3, -0.25) is 4.79 Å². The number of carbonyl (C=O) groups excluding carboxylic acids is 1. The molecule has 0 spiro atoms. The smallest absolute Gasteiger partial charge is 0.230 e. The van der Waals surface area contributed by atoms with Gasteiger partial charge in [-0.25, -0.2) is 0 Å². The van der Waals surface area contributed by atoms with Gasteiger partial charge in [0.2, 0.25) is 5.91 Å². The lowest BCUT2D eigenvalue weighted by atomic mass is 10.3. The van der Waals surface area contributed by atoms with Crippen LogP contribution in [-0.4, -0.2) is 33.0 Å². The average molecular weight is 285 g/mol. The SMILES string of the molecule is CCCCNC(=O)CSc1nnc(CN)n1CCC. The van der Waals surface area contributed by atoms with E-state index < -0.39 is 0 Å². The molecular formula is C12H23N5OS. The minimum absolute atomic E-state index is 0.0406. The molecule has 6 nitrogen and oxygen atoms in total. The Balaban J connectivity index is 2.48. The van der Waals surface area contributed by atoms with E-state index in [-0.39, 0.29) is 5.91 Å². The quantitative estimate of drug-likeness (QED) is 0.525. The third kappa shape index (κ3) is 5.20. The molecule has 1 heterocycles. The van der Waals surface area contributed by atoms with E-state index >= 15 is 0 Å². The van der Waals surface area contributed by atoms with E-state index in [9.17, 15) is 4.79 Å². The van der Waals surface area contributed by atoms with Gasteiger partial charge in [-0.2, -0.15) is 0 Å². The molecule has 1 amide bonds. The lowest BCUT2D eigenvalue weighted by molar-refractivity contribution is -0.118. The van der Waals surface area contributed by atoms with Crippen molar-refractivity contribution < 1.29 is 4.79 Å². The fourth-order valence-corrected chi connectivity index (χ4v) is 2.42. The molecule has 1 rings (SSSR count). The number of carbonyl (C=O) groups is 1. The van der Waals surface area contributed by atoms with E-state index in [1.807, 2.05) is 4.57 Å². The van der Waals surface area contributed by atoms with Crippen LogP contribution in [0.15, 0.2) is 5.16 Å². The molecule has 1 aromatic rings. The molecule has 7 heteroatoms. The van der Waals surface area contributed by atoms with Gasteiger partial charge in [0.05, 0.1) is 12.3 Å². The van der Waals surface area contributed by atoms with Crippen LogP contribution in [0.2, 0.25) is 0 Å². The van der Waals surface area contributed by atoms with Gasteiger partial charge in [-0.1, -0.05) is 32.0 Å². The fraction of sp³-hybridized carbons (Fsp3) is 0.750. The van der Waals surface area contributed by atoms with Crippen LogP contribution in [0.5, 0.6) is 0 Å². The van der Waals surface area contributed by atoms with E-state index in [1.54, 1.807) is 0 Å². The summed E-state index contributed by atoms with van der Waals surface area (Å²) in [4.78, 5) is 11.6. The number of nitrogens with zero attached hydrogens (tertiary/aromatic N) is 3. The van der Waals surface area contributed by atoms with Crippen LogP contribution in [0.25, 0.3) is 0 Å². The highest BCUT2D eigenvalue weighted by Gasteiger charge is 2.12. The molecule has 0 atom stereocenters. The maximum Gasteiger partial charge on any atom is 0.230 e. The molecule has 1 aromatic heterocycles. The second-order valence-electron chi connectivity index (χ2n) is 4.25. The summed E-state index contributed by atoms with van der Waals surface area (Å²) in [7, 11) is 0. The molecule has 0 aromatic carbocycles. The Bertz CT molecular complexity index is 393. The summed E-state index contributed by atoms with van der Waals surface area (Å²) in [5.74, 6) is 1.19. The first kappa shape index (κ1) is 16.0. The standard InChI is InChI=1S/C12H23N5OS/c1-3-5-6-14-11(18)9-19-12-16-15-10(8-13)17(12)7-4-2/h3-9,13H2,1-2H3,(H,14,18). The summed E-state index contributed by atoms with van der Waals surface area (Å²) in [6.07, 6.45) is 3.08. The summed E-state index contributed by atoms with van der Waals surface area (Å²) in [6, 6.07) is 0. The number of thioether (sulfide) groups is 1.